The van der Waals surface area contributed by atoms with Crippen molar-refractivity contribution in [2.24, 2.45) is 7.05 Å². The Morgan fingerprint density at radius 2 is 2.12 bits per heavy atom. The van der Waals surface area contributed by atoms with Gasteiger partial charge < -0.3 is 4.98 Å². The van der Waals surface area contributed by atoms with Crippen LogP contribution >= 0.6 is 0 Å². The molecule has 0 aliphatic carbocycles. The van der Waals surface area contributed by atoms with Crippen molar-refractivity contribution >= 4 is 22.7 Å². The number of allylic oxidation sites excluding steroid dienone is 1. The Balaban J connectivity index is 2.06. The summed E-state index contributed by atoms with van der Waals surface area (Å²) < 4.78 is 1.78. The summed E-state index contributed by atoms with van der Waals surface area (Å²) >= 11 is 0. The number of hydrogen-bond donors (Lipinski definition) is 1. The van der Waals surface area contributed by atoms with E-state index in [0.717, 1.165) is 52.8 Å². The smallest absolute Gasteiger partial charge is 0.251 e. The number of hydrogen-bond acceptors (Lipinski definition) is 4. The van der Waals surface area contributed by atoms with Gasteiger partial charge in [0.25, 0.3) is 5.56 Å². The van der Waals surface area contributed by atoms with Gasteiger partial charge in [-0.15, -0.1) is 0 Å². The molecule has 3 aromatic rings. The molecule has 0 aliphatic rings. The zero-order valence-corrected chi connectivity index (χ0v) is 15.1. The molecular formula is C19H23N5O. The standard InChI is InChI=1S/C19H23N5O/c1-5-7-15-10-17(25)22-18(21-15)14(6-2)8-13-9-16-12(3)23-24(4)19(16)20-11-13/h8-11H,5-7H2,1-4H3,(H,21,22,25)/b14-8-. The summed E-state index contributed by atoms with van der Waals surface area (Å²) in [5, 5.41) is 5.44. The first-order chi connectivity index (χ1) is 12.0. The molecule has 0 spiro atoms. The number of aryl methyl sites for hydroxylation is 3. The summed E-state index contributed by atoms with van der Waals surface area (Å²) in [5.74, 6) is 0.640. The molecule has 0 atom stereocenters. The Bertz CT molecular complexity index is 997. The molecule has 0 unspecified atom stereocenters. The van der Waals surface area contributed by atoms with Crippen LogP contribution in [0.2, 0.25) is 0 Å². The lowest BCUT2D eigenvalue weighted by molar-refractivity contribution is 0.774. The third kappa shape index (κ3) is 3.52. The molecule has 6 heteroatoms. The zero-order chi connectivity index (χ0) is 18.0. The zero-order valence-electron chi connectivity index (χ0n) is 15.1. The highest BCUT2D eigenvalue weighted by molar-refractivity contribution is 5.84. The quantitative estimate of drug-likeness (QED) is 0.775. The van der Waals surface area contributed by atoms with Crippen LogP contribution in [0.5, 0.6) is 0 Å². The third-order valence-electron chi connectivity index (χ3n) is 4.21. The van der Waals surface area contributed by atoms with Gasteiger partial charge in [-0.2, -0.15) is 5.10 Å². The maximum absolute atomic E-state index is 11.9. The Hall–Kier alpha value is -2.76. The lowest BCUT2D eigenvalue weighted by atomic mass is 10.1. The Labute approximate surface area is 146 Å². The first-order valence-corrected chi connectivity index (χ1v) is 8.62. The van der Waals surface area contributed by atoms with Gasteiger partial charge >= 0.3 is 0 Å². The summed E-state index contributed by atoms with van der Waals surface area (Å²) in [7, 11) is 1.89. The molecule has 0 aromatic carbocycles. The van der Waals surface area contributed by atoms with Crippen molar-refractivity contribution in [1.82, 2.24) is 24.7 Å². The van der Waals surface area contributed by atoms with Crippen molar-refractivity contribution < 1.29 is 0 Å². The highest BCUT2D eigenvalue weighted by Crippen LogP contribution is 2.21. The fourth-order valence-electron chi connectivity index (χ4n) is 2.99. The summed E-state index contributed by atoms with van der Waals surface area (Å²) in [6.07, 6.45) is 6.39. The van der Waals surface area contributed by atoms with Gasteiger partial charge in [0.05, 0.1) is 5.69 Å². The number of nitrogens with one attached hydrogen (secondary N) is 1. The minimum atomic E-state index is -0.107. The van der Waals surface area contributed by atoms with E-state index in [9.17, 15) is 4.79 Å². The normalized spacial score (nSPS) is 12.1. The number of H-pyrrole nitrogens is 1. The average molecular weight is 337 g/mol. The molecule has 0 aliphatic heterocycles. The summed E-state index contributed by atoms with van der Waals surface area (Å²) in [6, 6.07) is 3.65. The van der Waals surface area contributed by atoms with E-state index in [-0.39, 0.29) is 5.56 Å². The number of rotatable bonds is 5. The lowest BCUT2D eigenvalue weighted by Crippen LogP contribution is -2.12. The predicted octanol–water partition coefficient (Wildman–Crippen LogP) is 3.26. The van der Waals surface area contributed by atoms with Crippen molar-refractivity contribution in [3.8, 4) is 0 Å². The van der Waals surface area contributed by atoms with Crippen molar-refractivity contribution in [2.75, 3.05) is 0 Å². The molecule has 130 valence electrons. The molecule has 1 N–H and O–H groups in total. The second-order valence-electron chi connectivity index (χ2n) is 6.21. The SMILES string of the molecule is CCCc1cc(=O)[nH]c(/C(=C\c2cnc3c(c2)c(C)nn3C)CC)n1. The van der Waals surface area contributed by atoms with E-state index >= 15 is 0 Å². The van der Waals surface area contributed by atoms with E-state index < -0.39 is 0 Å². The Morgan fingerprint density at radius 3 is 2.84 bits per heavy atom. The van der Waals surface area contributed by atoms with Gasteiger partial charge in [0.15, 0.2) is 5.65 Å². The molecule has 3 aromatic heterocycles. The molecule has 0 saturated carbocycles. The van der Waals surface area contributed by atoms with Crippen LogP contribution in [-0.2, 0) is 13.5 Å². The first kappa shape index (κ1) is 17.1. The molecule has 0 amide bonds. The van der Waals surface area contributed by atoms with Gasteiger partial charge in [-0.3, -0.25) is 9.48 Å². The third-order valence-corrected chi connectivity index (χ3v) is 4.21. The van der Waals surface area contributed by atoms with Gasteiger partial charge in [0, 0.05) is 30.4 Å². The molecule has 25 heavy (non-hydrogen) atoms. The Morgan fingerprint density at radius 1 is 1.32 bits per heavy atom. The van der Waals surface area contributed by atoms with Crippen LogP contribution in [0.25, 0.3) is 22.7 Å². The molecular weight excluding hydrogens is 314 g/mol. The van der Waals surface area contributed by atoms with Gasteiger partial charge in [-0.05, 0) is 43.0 Å². The average Bonchev–Trinajstić information content (AvgIpc) is 2.86. The van der Waals surface area contributed by atoms with Crippen LogP contribution in [0.4, 0.5) is 0 Å². The highest BCUT2D eigenvalue weighted by atomic mass is 16.1. The van der Waals surface area contributed by atoms with E-state index in [0.29, 0.717) is 5.82 Å². The predicted molar refractivity (Wildman–Crippen MR) is 100 cm³/mol. The van der Waals surface area contributed by atoms with Crippen molar-refractivity contribution in [1.29, 1.82) is 0 Å². The van der Waals surface area contributed by atoms with Crippen LogP contribution in [0.1, 0.15) is 49.5 Å². The van der Waals surface area contributed by atoms with Crippen LogP contribution in [0.15, 0.2) is 23.1 Å². The monoisotopic (exact) mass is 337 g/mol. The van der Waals surface area contributed by atoms with Crippen molar-refractivity contribution in [2.45, 2.75) is 40.0 Å². The summed E-state index contributed by atoms with van der Waals surface area (Å²) in [5.41, 5.74) is 4.50. The van der Waals surface area contributed by atoms with Gasteiger partial charge in [0.2, 0.25) is 0 Å². The number of aromatic amines is 1. The maximum atomic E-state index is 11.9. The molecule has 0 bridgehead atoms. The van der Waals surface area contributed by atoms with Crippen molar-refractivity contribution in [3.05, 3.63) is 51.5 Å². The molecule has 6 nitrogen and oxygen atoms in total. The van der Waals surface area contributed by atoms with Gasteiger partial charge in [-0.1, -0.05) is 20.3 Å². The van der Waals surface area contributed by atoms with E-state index in [1.54, 1.807) is 10.7 Å². The molecule has 0 saturated heterocycles. The number of aromatic nitrogens is 5. The lowest BCUT2D eigenvalue weighted by Gasteiger charge is -2.07. The van der Waals surface area contributed by atoms with Crippen LogP contribution in [0.3, 0.4) is 0 Å². The highest BCUT2D eigenvalue weighted by Gasteiger charge is 2.09. The van der Waals surface area contributed by atoms with Gasteiger partial charge in [-0.25, -0.2) is 9.97 Å². The Kier molecular flexibility index (Phi) is 4.79. The molecule has 3 rings (SSSR count). The summed E-state index contributed by atoms with van der Waals surface area (Å²) in [6.45, 7) is 6.11. The van der Waals surface area contributed by atoms with Crippen LogP contribution in [-0.4, -0.2) is 24.7 Å². The number of nitrogens with zero attached hydrogens (tertiary/aromatic N) is 4. The van der Waals surface area contributed by atoms with E-state index in [2.05, 4.69) is 40.0 Å². The fourth-order valence-corrected chi connectivity index (χ4v) is 2.99. The minimum absolute atomic E-state index is 0.107. The number of fused-ring (bicyclic) bond motifs is 1. The summed E-state index contributed by atoms with van der Waals surface area (Å²) in [4.78, 5) is 23.9. The largest absolute Gasteiger partial charge is 0.307 e. The van der Waals surface area contributed by atoms with Crippen LogP contribution < -0.4 is 5.56 Å². The maximum Gasteiger partial charge on any atom is 0.251 e. The second kappa shape index (κ2) is 7.01. The second-order valence-corrected chi connectivity index (χ2v) is 6.21. The fraction of sp³-hybridized carbons (Fsp3) is 0.368. The van der Waals surface area contributed by atoms with Crippen LogP contribution in [0, 0.1) is 6.92 Å². The molecule has 3 heterocycles. The van der Waals surface area contributed by atoms with Gasteiger partial charge in [0.1, 0.15) is 5.82 Å². The first-order valence-electron chi connectivity index (χ1n) is 8.62. The molecule has 0 fully saturated rings. The minimum Gasteiger partial charge on any atom is -0.307 e. The van der Waals surface area contributed by atoms with Crippen molar-refractivity contribution in [3.63, 3.8) is 0 Å². The van der Waals surface area contributed by atoms with E-state index in [1.165, 1.54) is 0 Å². The van der Waals surface area contributed by atoms with E-state index in [1.807, 2.05) is 26.2 Å². The number of pyridine rings is 1. The topological polar surface area (TPSA) is 76.5 Å². The molecule has 0 radical (unpaired) electrons. The van der Waals surface area contributed by atoms with E-state index in [4.69, 9.17) is 0 Å².